The molecule has 0 radical (unpaired) electrons. The third kappa shape index (κ3) is 4.07. The molecule has 0 amide bonds. The monoisotopic (exact) mass is 399 g/mol. The van der Waals surface area contributed by atoms with Crippen molar-refractivity contribution in [3.8, 4) is 11.6 Å². The van der Waals surface area contributed by atoms with Crippen LogP contribution in [-0.2, 0) is 6.54 Å². The predicted octanol–water partition coefficient (Wildman–Crippen LogP) is 5.11. The van der Waals surface area contributed by atoms with Crippen LogP contribution in [0.1, 0.15) is 16.7 Å². The average molecular weight is 399 g/mol. The van der Waals surface area contributed by atoms with E-state index in [1.807, 2.05) is 74.8 Å². The Balaban J connectivity index is 1.85. The Morgan fingerprint density at radius 2 is 1.67 bits per heavy atom. The second kappa shape index (κ2) is 8.43. The van der Waals surface area contributed by atoms with Crippen LogP contribution in [0.3, 0.4) is 0 Å². The fourth-order valence-corrected chi connectivity index (χ4v) is 3.55. The minimum absolute atomic E-state index is 0.106. The number of nitrogens with one attached hydrogen (secondary N) is 1. The summed E-state index contributed by atoms with van der Waals surface area (Å²) >= 11 is 0. The minimum Gasteiger partial charge on any atom is -0.497 e. The first-order valence-corrected chi connectivity index (χ1v) is 9.82. The first-order chi connectivity index (χ1) is 14.5. The van der Waals surface area contributed by atoms with Crippen molar-refractivity contribution in [2.75, 3.05) is 21.2 Å². The van der Waals surface area contributed by atoms with E-state index in [1.54, 1.807) is 7.11 Å². The van der Waals surface area contributed by atoms with Crippen LogP contribution in [0.15, 0.2) is 77.8 Å². The number of ether oxygens (including phenoxy) is 1. The van der Waals surface area contributed by atoms with Crippen molar-refractivity contribution in [2.24, 2.45) is 4.99 Å². The van der Waals surface area contributed by atoms with E-state index in [0.717, 1.165) is 34.4 Å². The van der Waals surface area contributed by atoms with E-state index in [1.165, 1.54) is 5.56 Å². The highest BCUT2D eigenvalue weighted by atomic mass is 16.5. The van der Waals surface area contributed by atoms with Crippen molar-refractivity contribution in [2.45, 2.75) is 6.54 Å². The van der Waals surface area contributed by atoms with Crippen LogP contribution in [0.4, 0.5) is 5.69 Å². The van der Waals surface area contributed by atoms with E-state index in [9.17, 15) is 5.11 Å². The summed E-state index contributed by atoms with van der Waals surface area (Å²) in [4.78, 5) is 10.1. The van der Waals surface area contributed by atoms with Gasteiger partial charge in [-0.05, 0) is 62.1 Å². The number of aromatic hydroxyl groups is 1. The summed E-state index contributed by atoms with van der Waals surface area (Å²) in [6.07, 6.45) is 0. The van der Waals surface area contributed by atoms with Gasteiger partial charge in [0.25, 0.3) is 0 Å². The number of aromatic nitrogens is 1. The van der Waals surface area contributed by atoms with E-state index in [4.69, 9.17) is 9.73 Å². The molecular weight excluding hydrogens is 374 g/mol. The zero-order chi connectivity index (χ0) is 21.1. The number of aliphatic imine (C=N–C) groups is 1. The van der Waals surface area contributed by atoms with Gasteiger partial charge in [0.1, 0.15) is 5.75 Å². The van der Waals surface area contributed by atoms with Gasteiger partial charge in [0.05, 0.1) is 24.1 Å². The van der Waals surface area contributed by atoms with Crippen LogP contribution >= 0.6 is 0 Å². The number of rotatable bonds is 6. The number of hydrogen-bond donors (Lipinski definition) is 2. The molecule has 4 rings (SSSR count). The molecule has 5 nitrogen and oxygen atoms in total. The standard InChI is InChI=1S/C25H25N3O2/c1-28(2)16-17-8-12-19(13-9-17)26-24(18-10-14-20(30-3)15-11-18)23-21-6-4-5-7-22(21)27-25(23)29/h4-15,27,29H,16H2,1-3H3. The Morgan fingerprint density at radius 3 is 2.33 bits per heavy atom. The van der Waals surface area contributed by atoms with Crippen LogP contribution < -0.4 is 4.74 Å². The van der Waals surface area contributed by atoms with Crippen molar-refractivity contribution in [3.63, 3.8) is 0 Å². The molecule has 152 valence electrons. The van der Waals surface area contributed by atoms with Crippen LogP contribution in [0.25, 0.3) is 10.9 Å². The SMILES string of the molecule is COc1ccc(C(=Nc2ccc(CN(C)C)cc2)c2c(O)[nH]c3ccccc23)cc1. The fourth-order valence-electron chi connectivity index (χ4n) is 3.55. The number of aromatic amines is 1. The maximum atomic E-state index is 10.7. The average Bonchev–Trinajstić information content (AvgIpc) is 3.08. The third-order valence-corrected chi connectivity index (χ3v) is 4.96. The summed E-state index contributed by atoms with van der Waals surface area (Å²) in [6.45, 7) is 0.874. The minimum atomic E-state index is 0.106. The molecule has 0 aliphatic heterocycles. The summed E-state index contributed by atoms with van der Waals surface area (Å²) in [6, 6.07) is 23.7. The molecule has 3 aromatic carbocycles. The Hall–Kier alpha value is -3.57. The van der Waals surface area contributed by atoms with Crippen LogP contribution in [0, 0.1) is 0 Å². The highest BCUT2D eigenvalue weighted by molar-refractivity contribution is 6.21. The summed E-state index contributed by atoms with van der Waals surface area (Å²) < 4.78 is 5.30. The van der Waals surface area contributed by atoms with E-state index < -0.39 is 0 Å². The second-order valence-corrected chi connectivity index (χ2v) is 7.49. The number of benzene rings is 3. The molecular formula is C25H25N3O2. The molecule has 4 aromatic rings. The number of H-pyrrole nitrogens is 1. The van der Waals surface area contributed by atoms with E-state index in [-0.39, 0.29) is 5.88 Å². The van der Waals surface area contributed by atoms with Gasteiger partial charge in [-0.3, -0.25) is 0 Å². The first-order valence-electron chi connectivity index (χ1n) is 9.82. The molecule has 1 aromatic heterocycles. The van der Waals surface area contributed by atoms with Crippen molar-refractivity contribution in [3.05, 3.63) is 89.5 Å². The lowest BCUT2D eigenvalue weighted by molar-refractivity contribution is 0.402. The van der Waals surface area contributed by atoms with Crippen LogP contribution in [0.5, 0.6) is 11.6 Å². The molecule has 0 bridgehead atoms. The maximum Gasteiger partial charge on any atom is 0.199 e. The van der Waals surface area contributed by atoms with Crippen LogP contribution in [-0.4, -0.2) is 41.9 Å². The molecule has 5 heteroatoms. The topological polar surface area (TPSA) is 60.9 Å². The predicted molar refractivity (Wildman–Crippen MR) is 122 cm³/mol. The number of fused-ring (bicyclic) bond motifs is 1. The van der Waals surface area contributed by atoms with Crippen molar-refractivity contribution in [1.29, 1.82) is 0 Å². The summed E-state index contributed by atoms with van der Waals surface area (Å²) in [5, 5.41) is 11.6. The fraction of sp³-hybridized carbons (Fsp3) is 0.160. The van der Waals surface area contributed by atoms with Crippen LogP contribution in [0.2, 0.25) is 0 Å². The molecule has 0 spiro atoms. The third-order valence-electron chi connectivity index (χ3n) is 4.96. The second-order valence-electron chi connectivity index (χ2n) is 7.49. The molecule has 0 fully saturated rings. The van der Waals surface area contributed by atoms with Gasteiger partial charge < -0.3 is 19.7 Å². The maximum absolute atomic E-state index is 10.7. The quantitative estimate of drug-likeness (QED) is 0.443. The number of hydrogen-bond acceptors (Lipinski definition) is 4. The molecule has 1 heterocycles. The van der Waals surface area contributed by atoms with Gasteiger partial charge in [0, 0.05) is 23.0 Å². The smallest absolute Gasteiger partial charge is 0.199 e. The van der Waals surface area contributed by atoms with Crippen molar-refractivity contribution in [1.82, 2.24) is 9.88 Å². The molecule has 0 saturated carbocycles. The van der Waals surface area contributed by atoms with E-state index >= 15 is 0 Å². The van der Waals surface area contributed by atoms with Gasteiger partial charge in [-0.25, -0.2) is 4.99 Å². The molecule has 30 heavy (non-hydrogen) atoms. The molecule has 2 N–H and O–H groups in total. The van der Waals surface area contributed by atoms with E-state index in [0.29, 0.717) is 11.3 Å². The zero-order valence-corrected chi connectivity index (χ0v) is 17.4. The molecule has 0 unspecified atom stereocenters. The van der Waals surface area contributed by atoms with Gasteiger partial charge in [0.2, 0.25) is 0 Å². The van der Waals surface area contributed by atoms with Gasteiger partial charge in [-0.1, -0.05) is 30.3 Å². The van der Waals surface area contributed by atoms with Gasteiger partial charge in [0.15, 0.2) is 5.88 Å². The highest BCUT2D eigenvalue weighted by Crippen LogP contribution is 2.32. The van der Waals surface area contributed by atoms with E-state index in [2.05, 4.69) is 22.0 Å². The summed E-state index contributed by atoms with van der Waals surface area (Å²) in [7, 11) is 5.74. The molecule has 0 aliphatic rings. The lowest BCUT2D eigenvalue weighted by atomic mass is 10.0. The largest absolute Gasteiger partial charge is 0.497 e. The zero-order valence-electron chi connectivity index (χ0n) is 17.4. The normalized spacial score (nSPS) is 11.9. The first kappa shape index (κ1) is 19.7. The molecule has 0 saturated heterocycles. The Labute approximate surface area is 176 Å². The van der Waals surface area contributed by atoms with Gasteiger partial charge in [-0.2, -0.15) is 0 Å². The van der Waals surface area contributed by atoms with Crippen molar-refractivity contribution < 1.29 is 9.84 Å². The number of methoxy groups -OCH3 is 1. The number of para-hydroxylation sites is 1. The van der Waals surface area contributed by atoms with Gasteiger partial charge in [-0.15, -0.1) is 0 Å². The Morgan fingerprint density at radius 1 is 0.967 bits per heavy atom. The molecule has 0 atom stereocenters. The highest BCUT2D eigenvalue weighted by Gasteiger charge is 2.18. The lowest BCUT2D eigenvalue weighted by Gasteiger charge is -2.11. The Kier molecular flexibility index (Phi) is 5.55. The summed E-state index contributed by atoms with van der Waals surface area (Å²) in [5.74, 6) is 0.879. The number of nitrogens with zero attached hydrogens (tertiary/aromatic N) is 2. The summed E-state index contributed by atoms with van der Waals surface area (Å²) in [5.41, 5.74) is 5.20. The van der Waals surface area contributed by atoms with Crippen molar-refractivity contribution >= 4 is 22.3 Å². The lowest BCUT2D eigenvalue weighted by Crippen LogP contribution is -2.10. The molecule has 0 aliphatic carbocycles. The van der Waals surface area contributed by atoms with Gasteiger partial charge >= 0.3 is 0 Å². The Bertz CT molecular complexity index is 1170.